The Bertz CT molecular complexity index is 572. The number of aliphatic hydroxyl groups excluding tert-OH is 1. The van der Waals surface area contributed by atoms with Crippen molar-refractivity contribution in [2.75, 3.05) is 17.2 Å². The molecule has 0 aliphatic carbocycles. The number of amides is 1. The molecule has 0 saturated heterocycles. The van der Waals surface area contributed by atoms with Crippen molar-refractivity contribution < 1.29 is 14.8 Å². The van der Waals surface area contributed by atoms with Crippen LogP contribution in [0, 0.1) is 16.0 Å². The van der Waals surface area contributed by atoms with Crippen LogP contribution in [0.1, 0.15) is 25.8 Å². The maximum atomic E-state index is 11.3. The van der Waals surface area contributed by atoms with Crippen molar-refractivity contribution in [2.24, 2.45) is 5.92 Å². The number of nitrogens with one attached hydrogen (secondary N) is 2. The molecule has 0 aromatic heterocycles. The summed E-state index contributed by atoms with van der Waals surface area (Å²) in [6.07, 6.45) is 0.196. The zero-order valence-corrected chi connectivity index (χ0v) is 12.0. The summed E-state index contributed by atoms with van der Waals surface area (Å²) in [7, 11) is 0. The van der Waals surface area contributed by atoms with E-state index in [0.29, 0.717) is 29.3 Å². The third-order valence-electron chi connectivity index (χ3n) is 3.31. The highest BCUT2D eigenvalue weighted by atomic mass is 16.6. The van der Waals surface area contributed by atoms with E-state index in [1.807, 2.05) is 13.8 Å². The number of nitro groups is 1. The first-order valence-electron chi connectivity index (χ1n) is 6.90. The fraction of sp³-hybridized carbons (Fsp3) is 0.500. The Kier molecular flexibility index (Phi) is 4.42. The van der Waals surface area contributed by atoms with E-state index in [4.69, 9.17) is 0 Å². The third kappa shape index (κ3) is 3.69. The molecule has 0 bridgehead atoms. The molecule has 1 heterocycles. The minimum absolute atomic E-state index is 0.0815. The minimum atomic E-state index is -0.576. The van der Waals surface area contributed by atoms with Gasteiger partial charge < -0.3 is 15.7 Å². The summed E-state index contributed by atoms with van der Waals surface area (Å²) in [6, 6.07) is 2.96. The number of aliphatic hydroxyl groups is 1. The van der Waals surface area contributed by atoms with E-state index < -0.39 is 11.0 Å². The predicted octanol–water partition coefficient (Wildman–Crippen LogP) is 1.91. The van der Waals surface area contributed by atoms with Gasteiger partial charge in [0.1, 0.15) is 5.69 Å². The van der Waals surface area contributed by atoms with E-state index in [0.717, 1.165) is 0 Å². The molecule has 114 valence electrons. The van der Waals surface area contributed by atoms with Gasteiger partial charge in [-0.15, -0.1) is 0 Å². The predicted molar refractivity (Wildman–Crippen MR) is 79.4 cm³/mol. The molecular formula is C14H19N3O4. The number of nitrogens with zero attached hydrogens (tertiary/aromatic N) is 1. The second-order valence-corrected chi connectivity index (χ2v) is 5.67. The Morgan fingerprint density at radius 1 is 1.48 bits per heavy atom. The number of rotatable bonds is 6. The van der Waals surface area contributed by atoms with Gasteiger partial charge >= 0.3 is 0 Å². The van der Waals surface area contributed by atoms with E-state index in [2.05, 4.69) is 10.6 Å². The van der Waals surface area contributed by atoms with E-state index >= 15 is 0 Å². The van der Waals surface area contributed by atoms with Gasteiger partial charge in [-0.3, -0.25) is 14.9 Å². The zero-order chi connectivity index (χ0) is 15.6. The normalized spacial score (nSPS) is 14.8. The monoisotopic (exact) mass is 293 g/mol. The van der Waals surface area contributed by atoms with Crippen molar-refractivity contribution in [3.63, 3.8) is 0 Å². The molecule has 7 heteroatoms. The average molecular weight is 293 g/mol. The number of carbonyl (C=O) groups excluding carboxylic acids is 1. The summed E-state index contributed by atoms with van der Waals surface area (Å²) < 4.78 is 0. The highest BCUT2D eigenvalue weighted by molar-refractivity contribution is 6.00. The van der Waals surface area contributed by atoms with E-state index in [9.17, 15) is 20.0 Å². The highest BCUT2D eigenvalue weighted by Crippen LogP contribution is 2.34. The first-order chi connectivity index (χ1) is 9.86. The number of carbonyl (C=O) groups is 1. The van der Waals surface area contributed by atoms with Crippen molar-refractivity contribution in [3.8, 4) is 0 Å². The topological polar surface area (TPSA) is 104 Å². The Morgan fingerprint density at radius 2 is 2.19 bits per heavy atom. The van der Waals surface area contributed by atoms with Gasteiger partial charge in [-0.2, -0.15) is 0 Å². The summed E-state index contributed by atoms with van der Waals surface area (Å²) in [5, 5.41) is 26.5. The van der Waals surface area contributed by atoms with Crippen LogP contribution in [0.25, 0.3) is 0 Å². The lowest BCUT2D eigenvalue weighted by atomic mass is 10.1. The average Bonchev–Trinajstić information content (AvgIpc) is 2.73. The van der Waals surface area contributed by atoms with Gasteiger partial charge in [-0.05, 0) is 24.0 Å². The van der Waals surface area contributed by atoms with Crippen LogP contribution in [-0.4, -0.2) is 28.6 Å². The third-order valence-corrected chi connectivity index (χ3v) is 3.31. The Labute approximate surface area is 122 Å². The van der Waals surface area contributed by atoms with Crippen LogP contribution in [0.15, 0.2) is 12.1 Å². The van der Waals surface area contributed by atoms with E-state index in [1.54, 1.807) is 6.07 Å². The van der Waals surface area contributed by atoms with Crippen molar-refractivity contribution in [3.05, 3.63) is 27.8 Å². The maximum absolute atomic E-state index is 11.3. The van der Waals surface area contributed by atoms with Crippen molar-refractivity contribution in [1.29, 1.82) is 0 Å². The lowest BCUT2D eigenvalue weighted by Gasteiger charge is -2.15. The molecule has 2 rings (SSSR count). The van der Waals surface area contributed by atoms with Crippen LogP contribution in [0.4, 0.5) is 17.1 Å². The number of benzene rings is 1. The molecule has 1 atom stereocenters. The second kappa shape index (κ2) is 6.09. The van der Waals surface area contributed by atoms with Gasteiger partial charge in [0, 0.05) is 18.3 Å². The standard InChI is InChI=1S/C14H19N3O4/c1-8(2)3-10(18)7-15-12-6-11-9(5-14(19)16-11)4-13(12)17(20)21/h4,6,8,10,15,18H,3,5,7H2,1-2H3,(H,16,19). The molecule has 1 unspecified atom stereocenters. The molecule has 1 aromatic carbocycles. The van der Waals surface area contributed by atoms with Gasteiger partial charge in [-0.25, -0.2) is 0 Å². The lowest BCUT2D eigenvalue weighted by Crippen LogP contribution is -2.21. The zero-order valence-electron chi connectivity index (χ0n) is 12.0. The molecule has 0 radical (unpaired) electrons. The van der Waals surface area contributed by atoms with Crippen LogP contribution in [0.2, 0.25) is 0 Å². The number of anilines is 2. The molecule has 1 aliphatic heterocycles. The van der Waals surface area contributed by atoms with Crippen LogP contribution in [0.5, 0.6) is 0 Å². The first-order valence-corrected chi connectivity index (χ1v) is 6.90. The van der Waals surface area contributed by atoms with Gasteiger partial charge in [-0.1, -0.05) is 13.8 Å². The fourth-order valence-electron chi connectivity index (χ4n) is 2.41. The molecule has 7 nitrogen and oxygen atoms in total. The van der Waals surface area contributed by atoms with Crippen molar-refractivity contribution in [2.45, 2.75) is 32.8 Å². The summed E-state index contributed by atoms with van der Waals surface area (Å²) in [5.41, 5.74) is 1.44. The highest BCUT2D eigenvalue weighted by Gasteiger charge is 2.24. The summed E-state index contributed by atoms with van der Waals surface area (Å²) >= 11 is 0. The van der Waals surface area contributed by atoms with Gasteiger partial charge in [0.05, 0.1) is 17.4 Å². The fourth-order valence-corrected chi connectivity index (χ4v) is 2.41. The number of fused-ring (bicyclic) bond motifs is 1. The summed E-state index contributed by atoms with van der Waals surface area (Å²) in [5.74, 6) is 0.174. The molecule has 0 saturated carbocycles. The van der Waals surface area contributed by atoms with Gasteiger partial charge in [0.15, 0.2) is 0 Å². The van der Waals surface area contributed by atoms with E-state index in [-0.39, 0.29) is 24.6 Å². The molecule has 21 heavy (non-hydrogen) atoms. The van der Waals surface area contributed by atoms with E-state index in [1.165, 1.54) is 6.07 Å². The largest absolute Gasteiger partial charge is 0.391 e. The molecular weight excluding hydrogens is 274 g/mol. The second-order valence-electron chi connectivity index (χ2n) is 5.67. The molecule has 1 aromatic rings. The molecule has 0 spiro atoms. The molecule has 1 amide bonds. The summed E-state index contributed by atoms with van der Waals surface area (Å²) in [4.78, 5) is 22.0. The molecule has 1 aliphatic rings. The van der Waals surface area contributed by atoms with Gasteiger partial charge in [0.2, 0.25) is 5.91 Å². The van der Waals surface area contributed by atoms with Crippen LogP contribution in [-0.2, 0) is 11.2 Å². The van der Waals surface area contributed by atoms with Crippen LogP contribution in [0.3, 0.4) is 0 Å². The SMILES string of the molecule is CC(C)CC(O)CNc1cc2c(cc1[N+](=O)[O-])CC(=O)N2. The number of nitro benzene ring substituents is 1. The molecule has 0 fully saturated rings. The van der Waals surface area contributed by atoms with Crippen molar-refractivity contribution in [1.82, 2.24) is 0 Å². The quantitative estimate of drug-likeness (QED) is 0.549. The van der Waals surface area contributed by atoms with Crippen molar-refractivity contribution >= 4 is 23.0 Å². The summed E-state index contributed by atoms with van der Waals surface area (Å²) in [6.45, 7) is 4.22. The van der Waals surface area contributed by atoms with Gasteiger partial charge in [0.25, 0.3) is 5.69 Å². The van der Waals surface area contributed by atoms with Crippen LogP contribution >= 0.6 is 0 Å². The number of hydrogen-bond donors (Lipinski definition) is 3. The first kappa shape index (κ1) is 15.2. The molecule has 3 N–H and O–H groups in total. The lowest BCUT2D eigenvalue weighted by molar-refractivity contribution is -0.384. The Morgan fingerprint density at radius 3 is 2.81 bits per heavy atom. The Hall–Kier alpha value is -2.15. The number of hydrogen-bond acceptors (Lipinski definition) is 5. The van der Waals surface area contributed by atoms with Crippen LogP contribution < -0.4 is 10.6 Å². The maximum Gasteiger partial charge on any atom is 0.292 e. The smallest absolute Gasteiger partial charge is 0.292 e. The minimum Gasteiger partial charge on any atom is -0.391 e. The Balaban J connectivity index is 2.16.